The number of hydrogen-bond donors (Lipinski definition) is 1. The van der Waals surface area contributed by atoms with Crippen molar-refractivity contribution < 1.29 is 14.4 Å². The number of nitrogens with zero attached hydrogens (tertiary/aromatic N) is 2. The first-order valence-electron chi connectivity index (χ1n) is 8.92. The highest BCUT2D eigenvalue weighted by molar-refractivity contribution is 6.02. The topological polar surface area (TPSA) is 69.7 Å². The summed E-state index contributed by atoms with van der Waals surface area (Å²) < 4.78 is 0. The highest BCUT2D eigenvalue weighted by Gasteiger charge is 2.28. The lowest BCUT2D eigenvalue weighted by Gasteiger charge is -2.27. The van der Waals surface area contributed by atoms with Crippen LogP contribution in [0.15, 0.2) is 24.3 Å². The van der Waals surface area contributed by atoms with Gasteiger partial charge in [-0.15, -0.1) is 0 Å². The molecule has 0 spiro atoms. The Bertz CT molecular complexity index is 627. The zero-order valence-corrected chi connectivity index (χ0v) is 15.2. The fourth-order valence-corrected chi connectivity index (χ4v) is 2.89. The van der Waals surface area contributed by atoms with Crippen LogP contribution in [0.4, 0.5) is 4.79 Å². The van der Waals surface area contributed by atoms with Gasteiger partial charge >= 0.3 is 6.03 Å². The maximum absolute atomic E-state index is 12.9. The molecule has 4 amide bonds. The number of hydrogen-bond acceptors (Lipinski definition) is 3. The lowest BCUT2D eigenvalue weighted by Crippen LogP contribution is -2.37. The number of benzene rings is 1. The van der Waals surface area contributed by atoms with Crippen molar-refractivity contribution in [1.82, 2.24) is 15.1 Å². The van der Waals surface area contributed by atoms with Gasteiger partial charge in [-0.1, -0.05) is 31.9 Å². The quantitative estimate of drug-likeness (QED) is 0.582. The fraction of sp³-hybridized carbons (Fsp3) is 0.526. The number of amides is 4. The van der Waals surface area contributed by atoms with E-state index in [1.165, 1.54) is 4.90 Å². The van der Waals surface area contributed by atoms with Crippen LogP contribution in [0.1, 0.15) is 56.0 Å². The van der Waals surface area contributed by atoms with Crippen LogP contribution in [-0.2, 0) is 11.3 Å². The SMILES string of the molecule is CCCCCN(C(=O)c1cccc(CN2C(=O)CNC2=O)c1)C(C)C. The Morgan fingerprint density at radius 3 is 2.64 bits per heavy atom. The molecule has 136 valence electrons. The van der Waals surface area contributed by atoms with Crippen molar-refractivity contribution in [2.75, 3.05) is 13.1 Å². The van der Waals surface area contributed by atoms with Crippen molar-refractivity contribution in [2.45, 2.75) is 52.6 Å². The van der Waals surface area contributed by atoms with Crippen LogP contribution in [0.25, 0.3) is 0 Å². The third-order valence-electron chi connectivity index (χ3n) is 4.34. The van der Waals surface area contributed by atoms with E-state index in [9.17, 15) is 14.4 Å². The van der Waals surface area contributed by atoms with Gasteiger partial charge < -0.3 is 10.2 Å². The number of unbranched alkanes of at least 4 members (excludes halogenated alkanes) is 2. The second-order valence-electron chi connectivity index (χ2n) is 6.64. The van der Waals surface area contributed by atoms with E-state index in [1.807, 2.05) is 24.8 Å². The molecule has 0 saturated carbocycles. The van der Waals surface area contributed by atoms with Crippen LogP contribution < -0.4 is 5.32 Å². The number of urea groups is 1. The van der Waals surface area contributed by atoms with Crippen molar-refractivity contribution in [3.05, 3.63) is 35.4 Å². The Balaban J connectivity index is 2.11. The van der Waals surface area contributed by atoms with E-state index in [1.54, 1.807) is 18.2 Å². The summed E-state index contributed by atoms with van der Waals surface area (Å²) in [6, 6.07) is 6.92. The maximum atomic E-state index is 12.9. The predicted molar refractivity (Wildman–Crippen MR) is 96.1 cm³/mol. The van der Waals surface area contributed by atoms with Gasteiger partial charge in [-0.3, -0.25) is 14.5 Å². The minimum Gasteiger partial charge on any atom is -0.336 e. The first-order valence-corrected chi connectivity index (χ1v) is 8.92. The Labute approximate surface area is 149 Å². The fourth-order valence-electron chi connectivity index (χ4n) is 2.89. The molecule has 1 aliphatic rings. The van der Waals surface area contributed by atoms with Crippen LogP contribution in [0.2, 0.25) is 0 Å². The lowest BCUT2D eigenvalue weighted by atomic mass is 10.1. The molecule has 0 radical (unpaired) electrons. The summed E-state index contributed by atoms with van der Waals surface area (Å²) in [5, 5.41) is 2.50. The number of imide groups is 1. The molecule has 1 fully saturated rings. The van der Waals surface area contributed by atoms with E-state index in [0.29, 0.717) is 5.56 Å². The zero-order valence-electron chi connectivity index (χ0n) is 15.2. The van der Waals surface area contributed by atoms with Gasteiger partial charge in [-0.05, 0) is 38.0 Å². The molecule has 1 N–H and O–H groups in total. The highest BCUT2D eigenvalue weighted by Crippen LogP contribution is 2.15. The van der Waals surface area contributed by atoms with E-state index >= 15 is 0 Å². The molecule has 0 aromatic heterocycles. The summed E-state index contributed by atoms with van der Waals surface area (Å²) in [5.41, 5.74) is 1.36. The molecule has 1 aromatic rings. The summed E-state index contributed by atoms with van der Waals surface area (Å²) in [6.07, 6.45) is 3.20. The second-order valence-corrected chi connectivity index (χ2v) is 6.64. The molecular weight excluding hydrogens is 318 g/mol. The van der Waals surface area contributed by atoms with Gasteiger partial charge in [0.2, 0.25) is 5.91 Å². The van der Waals surface area contributed by atoms with Gasteiger partial charge in [0.05, 0.1) is 13.1 Å². The third-order valence-corrected chi connectivity index (χ3v) is 4.34. The summed E-state index contributed by atoms with van der Waals surface area (Å²) in [4.78, 5) is 39.3. The van der Waals surface area contributed by atoms with Crippen molar-refractivity contribution in [3.8, 4) is 0 Å². The largest absolute Gasteiger partial charge is 0.336 e. The molecule has 0 bridgehead atoms. The first-order chi connectivity index (χ1) is 11.9. The van der Waals surface area contributed by atoms with Crippen molar-refractivity contribution in [3.63, 3.8) is 0 Å². The average molecular weight is 345 g/mol. The minimum atomic E-state index is -0.384. The van der Waals surface area contributed by atoms with Crippen LogP contribution in [0.3, 0.4) is 0 Å². The number of carbonyl (C=O) groups is 3. The normalized spacial score (nSPS) is 14.2. The van der Waals surface area contributed by atoms with E-state index < -0.39 is 0 Å². The summed E-state index contributed by atoms with van der Waals surface area (Å²) in [7, 11) is 0. The Hall–Kier alpha value is -2.37. The smallest absolute Gasteiger partial charge is 0.324 e. The van der Waals surface area contributed by atoms with E-state index in [2.05, 4.69) is 12.2 Å². The summed E-state index contributed by atoms with van der Waals surface area (Å²) in [5.74, 6) is -0.254. The molecule has 0 aliphatic carbocycles. The van der Waals surface area contributed by atoms with Gasteiger partial charge in [0.25, 0.3) is 5.91 Å². The Morgan fingerprint density at radius 2 is 2.04 bits per heavy atom. The van der Waals surface area contributed by atoms with Crippen LogP contribution in [0.5, 0.6) is 0 Å². The van der Waals surface area contributed by atoms with Crippen LogP contribution >= 0.6 is 0 Å². The number of carbonyl (C=O) groups excluding carboxylic acids is 3. The monoisotopic (exact) mass is 345 g/mol. The summed E-state index contributed by atoms with van der Waals surface area (Å²) >= 11 is 0. The lowest BCUT2D eigenvalue weighted by molar-refractivity contribution is -0.125. The van der Waals surface area contributed by atoms with Gasteiger partial charge in [0.15, 0.2) is 0 Å². The average Bonchev–Trinajstić information content (AvgIpc) is 2.90. The Kier molecular flexibility index (Phi) is 6.56. The van der Waals surface area contributed by atoms with E-state index in [-0.39, 0.29) is 37.0 Å². The van der Waals surface area contributed by atoms with Gasteiger partial charge in [-0.25, -0.2) is 4.79 Å². The second kappa shape index (κ2) is 8.65. The molecule has 1 aliphatic heterocycles. The molecule has 0 atom stereocenters. The van der Waals surface area contributed by atoms with E-state index in [0.717, 1.165) is 31.4 Å². The van der Waals surface area contributed by atoms with Crippen molar-refractivity contribution in [1.29, 1.82) is 0 Å². The zero-order chi connectivity index (χ0) is 18.4. The standard InChI is InChI=1S/C19H27N3O3/c1-4-5-6-10-21(14(2)3)18(24)16-9-7-8-15(11-16)13-22-17(23)12-20-19(22)25/h7-9,11,14H,4-6,10,12-13H2,1-3H3,(H,20,25). The highest BCUT2D eigenvalue weighted by atomic mass is 16.2. The number of nitrogens with one attached hydrogen (secondary N) is 1. The van der Waals surface area contributed by atoms with Gasteiger partial charge in [-0.2, -0.15) is 0 Å². The first kappa shape index (κ1) is 19.0. The molecule has 1 heterocycles. The molecule has 2 rings (SSSR count). The maximum Gasteiger partial charge on any atom is 0.324 e. The molecule has 6 nitrogen and oxygen atoms in total. The molecule has 25 heavy (non-hydrogen) atoms. The molecule has 6 heteroatoms. The van der Waals surface area contributed by atoms with Crippen molar-refractivity contribution in [2.24, 2.45) is 0 Å². The van der Waals surface area contributed by atoms with Gasteiger partial charge in [0.1, 0.15) is 0 Å². The molecular formula is C19H27N3O3. The Morgan fingerprint density at radius 1 is 1.28 bits per heavy atom. The third kappa shape index (κ3) is 4.81. The molecule has 1 aromatic carbocycles. The van der Waals surface area contributed by atoms with Crippen LogP contribution in [-0.4, -0.2) is 46.8 Å². The molecule has 1 saturated heterocycles. The minimum absolute atomic E-state index is 0.00912. The van der Waals surface area contributed by atoms with Gasteiger partial charge in [0, 0.05) is 18.2 Å². The molecule has 0 unspecified atom stereocenters. The van der Waals surface area contributed by atoms with Crippen molar-refractivity contribution >= 4 is 17.8 Å². The van der Waals surface area contributed by atoms with Crippen LogP contribution in [0, 0.1) is 0 Å². The van der Waals surface area contributed by atoms with E-state index in [4.69, 9.17) is 0 Å². The predicted octanol–water partition coefficient (Wildman–Crippen LogP) is 2.78. The number of rotatable bonds is 8. The summed E-state index contributed by atoms with van der Waals surface area (Å²) in [6.45, 7) is 7.13.